The Bertz CT molecular complexity index is 693. The molecule has 0 bridgehead atoms. The fraction of sp³-hybridized carbons (Fsp3) is 0.357. The number of hydrogen-bond acceptors (Lipinski definition) is 4. The van der Waals surface area contributed by atoms with Gasteiger partial charge in [0.1, 0.15) is 17.8 Å². The average Bonchev–Trinajstić information content (AvgIpc) is 3.18. The Labute approximate surface area is 116 Å². The highest BCUT2D eigenvalue weighted by Gasteiger charge is 2.23. The van der Waals surface area contributed by atoms with E-state index in [1.165, 1.54) is 5.69 Å². The minimum atomic E-state index is 0.581. The minimum Gasteiger partial charge on any atom is -0.356 e. The average molecular weight is 268 g/mol. The molecular weight excluding hydrogens is 252 g/mol. The third-order valence-electron chi connectivity index (χ3n) is 4.09. The van der Waals surface area contributed by atoms with E-state index >= 15 is 0 Å². The summed E-state index contributed by atoms with van der Waals surface area (Å²) in [6.45, 7) is 2.03. The Hall–Kier alpha value is -2.37. The quantitative estimate of drug-likeness (QED) is 0.746. The number of hydrogen-bond donors (Lipinski definition) is 2. The second-order valence-electron chi connectivity index (χ2n) is 5.21. The Morgan fingerprint density at radius 3 is 2.85 bits per heavy atom. The smallest absolute Gasteiger partial charge is 0.142 e. The Kier molecular flexibility index (Phi) is 2.65. The number of anilines is 1. The predicted octanol–water partition coefficient (Wildman–Crippen LogP) is 2.06. The molecule has 1 aliphatic rings. The zero-order valence-corrected chi connectivity index (χ0v) is 11.1. The molecule has 0 atom stereocenters. The summed E-state index contributed by atoms with van der Waals surface area (Å²) in [6.07, 6.45) is 7.63. The van der Waals surface area contributed by atoms with Crippen molar-refractivity contribution in [2.75, 3.05) is 18.0 Å². The zero-order valence-electron chi connectivity index (χ0n) is 11.1. The standard InChI is InChI=1S/C14H16N6/c1-5-15-13-11(1)14(17-9-16-13)20-7-3-10(4-8-20)12-2-6-18-19-12/h1-2,5-6,9-10H,3-4,7-8H2,(H,18,19)(H,15,16,17). The van der Waals surface area contributed by atoms with Crippen LogP contribution in [0.25, 0.3) is 11.0 Å². The molecule has 1 aliphatic heterocycles. The van der Waals surface area contributed by atoms with Crippen LogP contribution in [-0.2, 0) is 0 Å². The molecule has 1 fully saturated rings. The molecule has 3 aromatic heterocycles. The summed E-state index contributed by atoms with van der Waals surface area (Å²) in [7, 11) is 0. The zero-order chi connectivity index (χ0) is 13.4. The van der Waals surface area contributed by atoms with Crippen LogP contribution < -0.4 is 4.90 Å². The highest BCUT2D eigenvalue weighted by molar-refractivity contribution is 5.87. The van der Waals surface area contributed by atoms with Crippen molar-refractivity contribution in [3.8, 4) is 0 Å². The van der Waals surface area contributed by atoms with Gasteiger partial charge in [-0.3, -0.25) is 5.10 Å². The molecule has 102 valence electrons. The maximum absolute atomic E-state index is 4.47. The lowest BCUT2D eigenvalue weighted by Gasteiger charge is -2.32. The van der Waals surface area contributed by atoms with Crippen LogP contribution in [-0.4, -0.2) is 38.2 Å². The lowest BCUT2D eigenvalue weighted by Crippen LogP contribution is -2.33. The van der Waals surface area contributed by atoms with Crippen molar-refractivity contribution in [3.63, 3.8) is 0 Å². The maximum atomic E-state index is 4.47. The van der Waals surface area contributed by atoms with Crippen LogP contribution in [0.3, 0.4) is 0 Å². The van der Waals surface area contributed by atoms with Crippen LogP contribution in [0.1, 0.15) is 24.5 Å². The van der Waals surface area contributed by atoms with E-state index in [2.05, 4.69) is 36.1 Å². The predicted molar refractivity (Wildman–Crippen MR) is 76.7 cm³/mol. The molecule has 0 aliphatic carbocycles. The molecule has 0 amide bonds. The van der Waals surface area contributed by atoms with Gasteiger partial charge in [-0.2, -0.15) is 5.10 Å². The van der Waals surface area contributed by atoms with E-state index < -0.39 is 0 Å². The molecule has 0 radical (unpaired) electrons. The maximum Gasteiger partial charge on any atom is 0.142 e. The van der Waals surface area contributed by atoms with Crippen molar-refractivity contribution >= 4 is 16.9 Å². The SMILES string of the molecule is c1cc(C2CCN(c3ncnc4[nH]ccc34)CC2)[nH]n1. The summed E-state index contributed by atoms with van der Waals surface area (Å²) in [5.41, 5.74) is 2.16. The van der Waals surface area contributed by atoms with E-state index in [0.29, 0.717) is 5.92 Å². The molecule has 4 heterocycles. The highest BCUT2D eigenvalue weighted by Crippen LogP contribution is 2.30. The number of fused-ring (bicyclic) bond motifs is 1. The Morgan fingerprint density at radius 2 is 2.05 bits per heavy atom. The van der Waals surface area contributed by atoms with Crippen LogP contribution >= 0.6 is 0 Å². The van der Waals surface area contributed by atoms with Gasteiger partial charge in [-0.05, 0) is 25.0 Å². The van der Waals surface area contributed by atoms with Crippen molar-refractivity contribution in [2.24, 2.45) is 0 Å². The van der Waals surface area contributed by atoms with Crippen LogP contribution in [0.4, 0.5) is 5.82 Å². The molecule has 6 nitrogen and oxygen atoms in total. The molecule has 3 aromatic rings. The lowest BCUT2D eigenvalue weighted by molar-refractivity contribution is 0.494. The molecular formula is C14H16N6. The summed E-state index contributed by atoms with van der Waals surface area (Å²) >= 11 is 0. The molecule has 2 N–H and O–H groups in total. The number of nitrogens with one attached hydrogen (secondary N) is 2. The molecule has 6 heteroatoms. The molecule has 0 saturated carbocycles. The van der Waals surface area contributed by atoms with Gasteiger partial charge in [-0.15, -0.1) is 0 Å². The van der Waals surface area contributed by atoms with E-state index in [4.69, 9.17) is 0 Å². The van der Waals surface area contributed by atoms with E-state index in [0.717, 1.165) is 42.8 Å². The number of piperidine rings is 1. The van der Waals surface area contributed by atoms with E-state index in [9.17, 15) is 0 Å². The monoisotopic (exact) mass is 268 g/mol. The second-order valence-corrected chi connectivity index (χ2v) is 5.21. The van der Waals surface area contributed by atoms with Crippen molar-refractivity contribution in [3.05, 3.63) is 36.5 Å². The van der Waals surface area contributed by atoms with Gasteiger partial charge in [0.25, 0.3) is 0 Å². The normalized spacial score (nSPS) is 16.9. The summed E-state index contributed by atoms with van der Waals surface area (Å²) in [5.74, 6) is 1.62. The number of aromatic amines is 2. The van der Waals surface area contributed by atoms with E-state index in [1.807, 2.05) is 18.5 Å². The number of aromatic nitrogens is 5. The van der Waals surface area contributed by atoms with Crippen LogP contribution in [0.5, 0.6) is 0 Å². The van der Waals surface area contributed by atoms with E-state index in [1.54, 1.807) is 6.33 Å². The second kappa shape index (κ2) is 4.63. The third-order valence-corrected chi connectivity index (χ3v) is 4.09. The van der Waals surface area contributed by atoms with Gasteiger partial charge >= 0.3 is 0 Å². The Morgan fingerprint density at radius 1 is 1.15 bits per heavy atom. The van der Waals surface area contributed by atoms with Crippen LogP contribution in [0, 0.1) is 0 Å². The topological polar surface area (TPSA) is 73.5 Å². The summed E-state index contributed by atoms with van der Waals surface area (Å²) in [6, 6.07) is 4.13. The third kappa shape index (κ3) is 1.84. The summed E-state index contributed by atoms with van der Waals surface area (Å²) in [4.78, 5) is 14.2. The van der Waals surface area contributed by atoms with Gasteiger partial charge in [-0.25, -0.2) is 9.97 Å². The van der Waals surface area contributed by atoms with E-state index in [-0.39, 0.29) is 0 Å². The minimum absolute atomic E-state index is 0.581. The number of rotatable bonds is 2. The number of nitrogens with zero attached hydrogens (tertiary/aromatic N) is 4. The first-order valence-electron chi connectivity index (χ1n) is 6.94. The molecule has 20 heavy (non-hydrogen) atoms. The van der Waals surface area contributed by atoms with Crippen LogP contribution in [0.2, 0.25) is 0 Å². The largest absolute Gasteiger partial charge is 0.356 e. The molecule has 0 spiro atoms. The molecule has 4 rings (SSSR count). The molecule has 1 saturated heterocycles. The summed E-state index contributed by atoms with van der Waals surface area (Å²) < 4.78 is 0. The van der Waals surface area contributed by atoms with Crippen molar-refractivity contribution in [2.45, 2.75) is 18.8 Å². The van der Waals surface area contributed by atoms with Crippen molar-refractivity contribution in [1.29, 1.82) is 0 Å². The first-order valence-corrected chi connectivity index (χ1v) is 6.94. The lowest BCUT2D eigenvalue weighted by atomic mass is 9.93. The fourth-order valence-electron chi connectivity index (χ4n) is 3.01. The Balaban J connectivity index is 1.56. The molecule has 0 unspecified atom stereocenters. The fourth-order valence-corrected chi connectivity index (χ4v) is 3.01. The van der Waals surface area contributed by atoms with Gasteiger partial charge in [0, 0.05) is 37.1 Å². The van der Waals surface area contributed by atoms with Crippen molar-refractivity contribution < 1.29 is 0 Å². The van der Waals surface area contributed by atoms with Crippen LogP contribution in [0.15, 0.2) is 30.9 Å². The first kappa shape index (κ1) is 11.5. The molecule has 0 aromatic carbocycles. The van der Waals surface area contributed by atoms with Crippen molar-refractivity contribution in [1.82, 2.24) is 25.1 Å². The first-order chi connectivity index (χ1) is 9.92. The summed E-state index contributed by atoms with van der Waals surface area (Å²) in [5, 5.41) is 8.24. The number of H-pyrrole nitrogens is 2. The van der Waals surface area contributed by atoms with Gasteiger partial charge < -0.3 is 9.88 Å². The highest BCUT2D eigenvalue weighted by atomic mass is 15.2. The van der Waals surface area contributed by atoms with Gasteiger partial charge in [0.2, 0.25) is 0 Å². The van der Waals surface area contributed by atoms with Gasteiger partial charge in [0.15, 0.2) is 0 Å². The van der Waals surface area contributed by atoms with Gasteiger partial charge in [0.05, 0.1) is 5.39 Å². The van der Waals surface area contributed by atoms with Gasteiger partial charge in [-0.1, -0.05) is 0 Å².